The van der Waals surface area contributed by atoms with Gasteiger partial charge in [-0.05, 0) is 42.7 Å². The minimum atomic E-state index is -4.75. The molecule has 0 saturated carbocycles. The molecule has 3 rings (SSSR count). The molecule has 0 aromatic heterocycles. The fraction of sp³-hybridized carbons (Fsp3) is 0.350. The SMILES string of the molecule is COc1ccc(CC(=O)N2CCCc3cc(OC(F)(F)F)ccc32)c(OC)c1. The number of ether oxygens (including phenoxy) is 3. The second kappa shape index (κ2) is 8.00. The highest BCUT2D eigenvalue weighted by atomic mass is 19.4. The van der Waals surface area contributed by atoms with E-state index in [2.05, 4.69) is 4.74 Å². The standard InChI is InChI=1S/C20H20F3NO4/c1-26-15-6-5-14(18(12-15)27-2)11-19(25)24-9-3-4-13-10-16(7-8-17(13)24)28-20(21,22)23/h5-8,10,12H,3-4,9,11H2,1-2H3. The first-order valence-corrected chi connectivity index (χ1v) is 8.70. The topological polar surface area (TPSA) is 48.0 Å². The van der Waals surface area contributed by atoms with E-state index in [9.17, 15) is 18.0 Å². The Bertz CT molecular complexity index is 867. The Morgan fingerprint density at radius 2 is 1.82 bits per heavy atom. The van der Waals surface area contributed by atoms with Gasteiger partial charge in [0.15, 0.2) is 0 Å². The van der Waals surface area contributed by atoms with Crippen LogP contribution in [0.3, 0.4) is 0 Å². The molecule has 1 aliphatic rings. The highest BCUT2D eigenvalue weighted by Gasteiger charge is 2.32. The van der Waals surface area contributed by atoms with E-state index in [4.69, 9.17) is 9.47 Å². The van der Waals surface area contributed by atoms with Crippen molar-refractivity contribution in [2.45, 2.75) is 25.6 Å². The Balaban J connectivity index is 1.81. The fourth-order valence-corrected chi connectivity index (χ4v) is 3.29. The lowest BCUT2D eigenvalue weighted by Gasteiger charge is -2.30. The number of rotatable bonds is 5. The van der Waals surface area contributed by atoms with E-state index in [0.29, 0.717) is 47.7 Å². The number of amides is 1. The number of anilines is 1. The van der Waals surface area contributed by atoms with Crippen molar-refractivity contribution in [3.8, 4) is 17.2 Å². The van der Waals surface area contributed by atoms with Crippen LogP contribution >= 0.6 is 0 Å². The molecule has 8 heteroatoms. The normalized spacial score (nSPS) is 13.7. The molecule has 2 aromatic carbocycles. The second-order valence-corrected chi connectivity index (χ2v) is 6.34. The molecule has 0 N–H and O–H groups in total. The number of carbonyl (C=O) groups is 1. The average molecular weight is 395 g/mol. The summed E-state index contributed by atoms with van der Waals surface area (Å²) in [4.78, 5) is 14.5. The first kappa shape index (κ1) is 19.9. The Kier molecular flexibility index (Phi) is 5.67. The van der Waals surface area contributed by atoms with E-state index in [0.717, 1.165) is 0 Å². The smallest absolute Gasteiger partial charge is 0.497 e. The molecule has 0 unspecified atom stereocenters. The number of methoxy groups -OCH3 is 2. The Morgan fingerprint density at radius 1 is 1.07 bits per heavy atom. The van der Waals surface area contributed by atoms with Crippen molar-refractivity contribution < 1.29 is 32.2 Å². The molecule has 28 heavy (non-hydrogen) atoms. The number of halogens is 3. The van der Waals surface area contributed by atoms with Crippen LogP contribution < -0.4 is 19.1 Å². The number of nitrogens with zero attached hydrogens (tertiary/aromatic N) is 1. The summed E-state index contributed by atoms with van der Waals surface area (Å²) in [6.07, 6.45) is -3.40. The highest BCUT2D eigenvalue weighted by molar-refractivity contribution is 5.96. The van der Waals surface area contributed by atoms with Gasteiger partial charge in [0.05, 0.1) is 20.6 Å². The largest absolute Gasteiger partial charge is 0.573 e. The summed E-state index contributed by atoms with van der Waals surface area (Å²) in [5, 5.41) is 0. The molecule has 1 amide bonds. The molecule has 0 bridgehead atoms. The van der Waals surface area contributed by atoms with Gasteiger partial charge in [-0.15, -0.1) is 13.2 Å². The highest BCUT2D eigenvalue weighted by Crippen LogP contribution is 2.33. The van der Waals surface area contributed by atoms with Crippen molar-refractivity contribution in [1.82, 2.24) is 0 Å². The maximum atomic E-state index is 12.9. The summed E-state index contributed by atoms with van der Waals surface area (Å²) < 4.78 is 51.8. The molecular formula is C20H20F3NO4. The van der Waals surface area contributed by atoms with Crippen molar-refractivity contribution in [3.63, 3.8) is 0 Å². The minimum absolute atomic E-state index is 0.105. The zero-order valence-electron chi connectivity index (χ0n) is 15.5. The van der Waals surface area contributed by atoms with Gasteiger partial charge in [0.2, 0.25) is 5.91 Å². The molecule has 0 aliphatic carbocycles. The molecule has 0 fully saturated rings. The van der Waals surface area contributed by atoms with Crippen LogP contribution in [-0.4, -0.2) is 33.0 Å². The molecule has 0 spiro atoms. The summed E-state index contributed by atoms with van der Waals surface area (Å²) in [7, 11) is 3.06. The summed E-state index contributed by atoms with van der Waals surface area (Å²) in [5.41, 5.74) is 1.97. The molecule has 5 nitrogen and oxygen atoms in total. The quantitative estimate of drug-likeness (QED) is 0.764. The monoisotopic (exact) mass is 395 g/mol. The van der Waals surface area contributed by atoms with Crippen LogP contribution in [0.2, 0.25) is 0 Å². The summed E-state index contributed by atoms with van der Waals surface area (Å²) in [6, 6.07) is 9.28. The third kappa shape index (κ3) is 4.49. The zero-order chi connectivity index (χ0) is 20.3. The van der Waals surface area contributed by atoms with Gasteiger partial charge in [-0.25, -0.2) is 0 Å². The van der Waals surface area contributed by atoms with Crippen molar-refractivity contribution >= 4 is 11.6 Å². The molecule has 150 valence electrons. The van der Waals surface area contributed by atoms with Crippen molar-refractivity contribution in [2.24, 2.45) is 0 Å². The summed E-state index contributed by atoms with van der Waals surface area (Å²) >= 11 is 0. The Morgan fingerprint density at radius 3 is 2.50 bits per heavy atom. The van der Waals surface area contributed by atoms with Crippen molar-refractivity contribution in [3.05, 3.63) is 47.5 Å². The van der Waals surface area contributed by atoms with Gasteiger partial charge in [-0.2, -0.15) is 0 Å². The molecule has 1 heterocycles. The number of aryl methyl sites for hydroxylation is 1. The van der Waals surface area contributed by atoms with Crippen molar-refractivity contribution in [2.75, 3.05) is 25.7 Å². The van der Waals surface area contributed by atoms with Crippen LogP contribution in [0.4, 0.5) is 18.9 Å². The molecular weight excluding hydrogens is 375 g/mol. The maximum absolute atomic E-state index is 12.9. The van der Waals surface area contributed by atoms with Gasteiger partial charge < -0.3 is 19.1 Å². The lowest BCUT2D eigenvalue weighted by Crippen LogP contribution is -2.36. The van der Waals surface area contributed by atoms with Gasteiger partial charge in [0.25, 0.3) is 0 Å². The fourth-order valence-electron chi connectivity index (χ4n) is 3.29. The van der Waals surface area contributed by atoms with E-state index in [1.54, 1.807) is 30.2 Å². The minimum Gasteiger partial charge on any atom is -0.497 e. The van der Waals surface area contributed by atoms with E-state index in [1.807, 2.05) is 0 Å². The van der Waals surface area contributed by atoms with Gasteiger partial charge in [0, 0.05) is 23.9 Å². The van der Waals surface area contributed by atoms with Crippen LogP contribution in [0.5, 0.6) is 17.2 Å². The third-order valence-corrected chi connectivity index (χ3v) is 4.54. The number of benzene rings is 2. The Hall–Kier alpha value is -2.90. The molecule has 0 atom stereocenters. The first-order valence-electron chi connectivity index (χ1n) is 8.70. The number of carbonyl (C=O) groups excluding carboxylic acids is 1. The number of fused-ring (bicyclic) bond motifs is 1. The van der Waals surface area contributed by atoms with Crippen molar-refractivity contribution in [1.29, 1.82) is 0 Å². The van der Waals surface area contributed by atoms with E-state index >= 15 is 0 Å². The van der Waals surface area contributed by atoms with Gasteiger partial charge >= 0.3 is 6.36 Å². The average Bonchev–Trinajstić information content (AvgIpc) is 2.66. The maximum Gasteiger partial charge on any atom is 0.573 e. The predicted molar refractivity (Wildman–Crippen MR) is 97.0 cm³/mol. The molecule has 0 radical (unpaired) electrons. The Labute approximate surface area is 160 Å². The van der Waals surface area contributed by atoms with Crippen LogP contribution in [-0.2, 0) is 17.6 Å². The lowest BCUT2D eigenvalue weighted by atomic mass is 10.00. The third-order valence-electron chi connectivity index (χ3n) is 4.54. The summed E-state index contributed by atoms with van der Waals surface area (Å²) in [5.74, 6) is 0.721. The van der Waals surface area contributed by atoms with Gasteiger partial charge in [0.1, 0.15) is 17.2 Å². The van der Waals surface area contributed by atoms with E-state index in [1.165, 1.54) is 25.3 Å². The van der Waals surface area contributed by atoms with Gasteiger partial charge in [-0.3, -0.25) is 4.79 Å². The van der Waals surface area contributed by atoms with E-state index < -0.39 is 6.36 Å². The lowest BCUT2D eigenvalue weighted by molar-refractivity contribution is -0.274. The van der Waals surface area contributed by atoms with E-state index in [-0.39, 0.29) is 18.1 Å². The predicted octanol–water partition coefficient (Wildman–Crippen LogP) is 4.12. The van der Waals surface area contributed by atoms with Crippen LogP contribution in [0.25, 0.3) is 0 Å². The second-order valence-electron chi connectivity index (χ2n) is 6.34. The zero-order valence-corrected chi connectivity index (χ0v) is 15.5. The molecule has 2 aromatic rings. The number of hydrogen-bond donors (Lipinski definition) is 0. The molecule has 0 saturated heterocycles. The van der Waals surface area contributed by atoms with Crippen LogP contribution in [0, 0.1) is 0 Å². The number of hydrogen-bond acceptors (Lipinski definition) is 4. The van der Waals surface area contributed by atoms with Crippen LogP contribution in [0.1, 0.15) is 17.5 Å². The van der Waals surface area contributed by atoms with Crippen LogP contribution in [0.15, 0.2) is 36.4 Å². The van der Waals surface area contributed by atoms with Gasteiger partial charge in [-0.1, -0.05) is 6.07 Å². The summed E-state index contributed by atoms with van der Waals surface area (Å²) in [6.45, 7) is 0.504. The molecule has 1 aliphatic heterocycles. The number of alkyl halides is 3. The first-order chi connectivity index (χ1) is 13.3.